The lowest BCUT2D eigenvalue weighted by Crippen LogP contribution is -2.51. The Morgan fingerprint density at radius 2 is 2.09 bits per heavy atom. The highest BCUT2D eigenvalue weighted by molar-refractivity contribution is 6.03. The van der Waals surface area contributed by atoms with Gasteiger partial charge in [-0.05, 0) is 39.7 Å². The first-order chi connectivity index (χ1) is 10.1. The molecule has 1 aliphatic heterocycles. The first-order valence-electron chi connectivity index (χ1n) is 7.77. The second-order valence-corrected chi connectivity index (χ2v) is 6.10. The molecule has 1 aromatic rings. The monoisotopic (exact) mass is 326 g/mol. The van der Waals surface area contributed by atoms with Gasteiger partial charge in [0.25, 0.3) is 5.91 Å². The minimum absolute atomic E-state index is 0. The van der Waals surface area contributed by atoms with Gasteiger partial charge in [0, 0.05) is 30.5 Å². The predicted molar refractivity (Wildman–Crippen MR) is 85.9 cm³/mol. The summed E-state index contributed by atoms with van der Waals surface area (Å²) in [6, 6.07) is 0.373. The van der Waals surface area contributed by atoms with Crippen molar-refractivity contribution in [3.8, 4) is 0 Å². The molecular formula is C16H23ClN2O3. The molecule has 122 valence electrons. The lowest BCUT2D eigenvalue weighted by Gasteiger charge is -2.30. The van der Waals surface area contributed by atoms with Gasteiger partial charge in [-0.15, -0.1) is 12.4 Å². The summed E-state index contributed by atoms with van der Waals surface area (Å²) in [4.78, 5) is 24.4. The van der Waals surface area contributed by atoms with Crippen molar-refractivity contribution in [3.63, 3.8) is 0 Å². The van der Waals surface area contributed by atoms with Gasteiger partial charge in [0.15, 0.2) is 11.5 Å². The van der Waals surface area contributed by atoms with Crippen LogP contribution in [0.4, 0.5) is 0 Å². The normalized spacial score (nSPS) is 24.4. The standard InChI is InChI=1S/C16H22N2O3.ClH/c1-9-14-12(19)6-3-7-13(14)21-15(9)16(20)18-11-5-4-8-17-10(11)2;/h10-11,17H,3-8H2,1-2H3,(H,18,20);1H. The molecule has 0 spiro atoms. The maximum absolute atomic E-state index is 12.5. The van der Waals surface area contributed by atoms with Crippen molar-refractivity contribution in [2.45, 2.75) is 58.0 Å². The van der Waals surface area contributed by atoms with E-state index in [-0.39, 0.29) is 36.2 Å². The third-order valence-electron chi connectivity index (χ3n) is 4.59. The Morgan fingerprint density at radius 1 is 1.32 bits per heavy atom. The second kappa shape index (κ2) is 6.84. The molecule has 1 aliphatic carbocycles. The van der Waals surface area contributed by atoms with E-state index in [4.69, 9.17) is 4.42 Å². The fraction of sp³-hybridized carbons (Fsp3) is 0.625. The number of halogens is 1. The van der Waals surface area contributed by atoms with Crippen molar-refractivity contribution in [1.82, 2.24) is 10.6 Å². The maximum Gasteiger partial charge on any atom is 0.287 e. The molecule has 2 aliphatic rings. The zero-order chi connectivity index (χ0) is 15.0. The molecule has 2 atom stereocenters. The number of carbonyl (C=O) groups is 2. The summed E-state index contributed by atoms with van der Waals surface area (Å²) in [5.74, 6) is 0.899. The van der Waals surface area contributed by atoms with Crippen LogP contribution in [-0.2, 0) is 6.42 Å². The van der Waals surface area contributed by atoms with Crippen LogP contribution in [0.5, 0.6) is 0 Å². The number of rotatable bonds is 2. The molecule has 2 N–H and O–H groups in total. The van der Waals surface area contributed by atoms with E-state index in [9.17, 15) is 9.59 Å². The van der Waals surface area contributed by atoms with Crippen LogP contribution < -0.4 is 10.6 Å². The fourth-order valence-electron chi connectivity index (χ4n) is 3.34. The molecule has 1 fully saturated rings. The number of nitrogens with one attached hydrogen (secondary N) is 2. The minimum atomic E-state index is -0.199. The smallest absolute Gasteiger partial charge is 0.287 e. The number of piperidine rings is 1. The lowest BCUT2D eigenvalue weighted by atomic mass is 9.94. The molecule has 1 aromatic heterocycles. The summed E-state index contributed by atoms with van der Waals surface area (Å²) in [6.45, 7) is 4.88. The van der Waals surface area contributed by atoms with Gasteiger partial charge in [0.2, 0.25) is 0 Å². The molecule has 3 rings (SSSR count). The van der Waals surface area contributed by atoms with E-state index in [0.29, 0.717) is 29.1 Å². The van der Waals surface area contributed by atoms with Crippen molar-refractivity contribution >= 4 is 24.1 Å². The number of hydrogen-bond donors (Lipinski definition) is 2. The molecule has 22 heavy (non-hydrogen) atoms. The Hall–Kier alpha value is -1.33. The summed E-state index contributed by atoms with van der Waals surface area (Å²) in [7, 11) is 0. The third kappa shape index (κ3) is 3.06. The highest BCUT2D eigenvalue weighted by Gasteiger charge is 2.30. The third-order valence-corrected chi connectivity index (χ3v) is 4.59. The van der Waals surface area contributed by atoms with Crippen LogP contribution in [0.25, 0.3) is 0 Å². The number of Topliss-reactive ketones (excluding diaryl/α,β-unsaturated/α-hetero) is 1. The number of fused-ring (bicyclic) bond motifs is 1. The molecule has 2 heterocycles. The van der Waals surface area contributed by atoms with Gasteiger partial charge in [-0.2, -0.15) is 0 Å². The van der Waals surface area contributed by atoms with E-state index in [2.05, 4.69) is 17.6 Å². The first kappa shape index (κ1) is 17.0. The fourth-order valence-corrected chi connectivity index (χ4v) is 3.34. The largest absolute Gasteiger partial charge is 0.455 e. The SMILES string of the molecule is Cc1c(C(=O)NC2CCCNC2C)oc2c1C(=O)CCC2.Cl. The van der Waals surface area contributed by atoms with Crippen molar-refractivity contribution in [2.75, 3.05) is 6.54 Å². The van der Waals surface area contributed by atoms with E-state index in [1.807, 2.05) is 6.92 Å². The zero-order valence-corrected chi connectivity index (χ0v) is 13.8. The molecule has 0 aromatic carbocycles. The van der Waals surface area contributed by atoms with Crippen LogP contribution in [0.3, 0.4) is 0 Å². The Labute approximate surface area is 136 Å². The Balaban J connectivity index is 0.00000176. The molecule has 5 nitrogen and oxygen atoms in total. The van der Waals surface area contributed by atoms with Crippen LogP contribution >= 0.6 is 12.4 Å². The summed E-state index contributed by atoms with van der Waals surface area (Å²) >= 11 is 0. The number of aryl methyl sites for hydroxylation is 1. The van der Waals surface area contributed by atoms with Crippen LogP contribution in [0, 0.1) is 6.92 Å². The Bertz CT molecular complexity index is 582. The van der Waals surface area contributed by atoms with Gasteiger partial charge < -0.3 is 15.1 Å². The van der Waals surface area contributed by atoms with Gasteiger partial charge in [0.1, 0.15) is 5.76 Å². The van der Waals surface area contributed by atoms with Crippen molar-refractivity contribution in [3.05, 3.63) is 22.6 Å². The second-order valence-electron chi connectivity index (χ2n) is 6.10. The molecule has 2 unspecified atom stereocenters. The average molecular weight is 327 g/mol. The topological polar surface area (TPSA) is 71.3 Å². The van der Waals surface area contributed by atoms with E-state index < -0.39 is 0 Å². The number of amides is 1. The van der Waals surface area contributed by atoms with Crippen LogP contribution in [0.1, 0.15) is 64.8 Å². The van der Waals surface area contributed by atoms with Gasteiger partial charge in [-0.3, -0.25) is 9.59 Å². The molecule has 0 saturated carbocycles. The van der Waals surface area contributed by atoms with Gasteiger partial charge in [-0.1, -0.05) is 0 Å². The molecular weight excluding hydrogens is 304 g/mol. The van der Waals surface area contributed by atoms with Crippen molar-refractivity contribution in [1.29, 1.82) is 0 Å². The van der Waals surface area contributed by atoms with Gasteiger partial charge in [0.05, 0.1) is 5.56 Å². The number of hydrogen-bond acceptors (Lipinski definition) is 4. The van der Waals surface area contributed by atoms with Crippen LogP contribution in [0.15, 0.2) is 4.42 Å². The molecule has 1 amide bonds. The molecule has 1 saturated heterocycles. The molecule has 0 radical (unpaired) electrons. The summed E-state index contributed by atoms with van der Waals surface area (Å²) < 4.78 is 5.69. The molecule has 0 bridgehead atoms. The summed E-state index contributed by atoms with van der Waals surface area (Å²) in [5, 5.41) is 6.40. The van der Waals surface area contributed by atoms with Gasteiger partial charge >= 0.3 is 0 Å². The van der Waals surface area contributed by atoms with Gasteiger partial charge in [-0.25, -0.2) is 0 Å². The quantitative estimate of drug-likeness (QED) is 0.875. The average Bonchev–Trinajstić information content (AvgIpc) is 2.80. The van der Waals surface area contributed by atoms with E-state index >= 15 is 0 Å². The van der Waals surface area contributed by atoms with Crippen molar-refractivity contribution < 1.29 is 14.0 Å². The predicted octanol–water partition coefficient (Wildman–Crippen LogP) is 2.40. The summed E-state index contributed by atoms with van der Waals surface area (Å²) in [6.07, 6.45) is 4.14. The number of ketones is 1. The highest BCUT2D eigenvalue weighted by atomic mass is 35.5. The maximum atomic E-state index is 12.5. The summed E-state index contributed by atoms with van der Waals surface area (Å²) in [5.41, 5.74) is 1.34. The lowest BCUT2D eigenvalue weighted by molar-refractivity contribution is 0.0886. The Morgan fingerprint density at radius 3 is 2.77 bits per heavy atom. The number of furan rings is 1. The van der Waals surface area contributed by atoms with Crippen molar-refractivity contribution in [2.24, 2.45) is 0 Å². The van der Waals surface area contributed by atoms with Crippen LogP contribution in [0.2, 0.25) is 0 Å². The van der Waals surface area contributed by atoms with E-state index in [1.165, 1.54) is 0 Å². The Kier molecular flexibility index (Phi) is 5.29. The van der Waals surface area contributed by atoms with Crippen LogP contribution in [-0.4, -0.2) is 30.3 Å². The number of carbonyl (C=O) groups excluding carboxylic acids is 2. The minimum Gasteiger partial charge on any atom is -0.455 e. The van der Waals surface area contributed by atoms with E-state index in [1.54, 1.807) is 0 Å². The van der Waals surface area contributed by atoms with E-state index in [0.717, 1.165) is 32.2 Å². The molecule has 6 heteroatoms. The first-order valence-corrected chi connectivity index (χ1v) is 7.77. The zero-order valence-electron chi connectivity index (χ0n) is 13.0. The highest BCUT2D eigenvalue weighted by Crippen LogP contribution is 2.29.